The van der Waals surface area contributed by atoms with Crippen LogP contribution in [0, 0.1) is 18.7 Å². The smallest absolute Gasteiger partial charge is 0.317 e. The number of benzene rings is 1. The van der Waals surface area contributed by atoms with Gasteiger partial charge in [0.2, 0.25) is 0 Å². The van der Waals surface area contributed by atoms with Crippen molar-refractivity contribution in [2.24, 2.45) is 5.92 Å². The molecule has 134 valence electrons. The number of hydrogen-bond donors (Lipinski definition) is 2. The number of nitrogens with one attached hydrogen (secondary N) is 1. The molecule has 2 aromatic rings. The highest BCUT2D eigenvalue weighted by molar-refractivity contribution is 5.75. The second kappa shape index (κ2) is 7.23. The topological polar surface area (TPSA) is 70.4 Å². The summed E-state index contributed by atoms with van der Waals surface area (Å²) in [4.78, 5) is 14.0. The number of aromatic nitrogens is 2. The third-order valence-electron chi connectivity index (χ3n) is 4.60. The summed E-state index contributed by atoms with van der Waals surface area (Å²) in [7, 11) is 0. The Morgan fingerprint density at radius 2 is 2.32 bits per heavy atom. The average molecular weight is 346 g/mol. The molecule has 2 heterocycles. The van der Waals surface area contributed by atoms with Crippen molar-refractivity contribution in [2.45, 2.75) is 26.3 Å². The number of halogens is 1. The van der Waals surface area contributed by atoms with Crippen LogP contribution >= 0.6 is 0 Å². The van der Waals surface area contributed by atoms with E-state index in [2.05, 4.69) is 10.4 Å². The standard InChI is InChI=1S/C18H23FN4O2/c1-12-8-20-23(9-12)17-4-3-15(7-16(17)19)13(2)21-18(25)22-6-5-14(10-22)11-24/h3-4,7-9,13-14,24H,5-6,10-11H2,1-2H3,(H,21,25). The Balaban J connectivity index is 1.67. The maximum atomic E-state index is 14.4. The van der Waals surface area contributed by atoms with Crippen molar-refractivity contribution in [3.63, 3.8) is 0 Å². The van der Waals surface area contributed by atoms with E-state index in [1.54, 1.807) is 29.4 Å². The Morgan fingerprint density at radius 1 is 1.52 bits per heavy atom. The number of amides is 2. The van der Waals surface area contributed by atoms with Gasteiger partial charge in [-0.25, -0.2) is 13.9 Å². The molecule has 1 aromatic heterocycles. The van der Waals surface area contributed by atoms with E-state index in [0.29, 0.717) is 24.3 Å². The Labute approximate surface area is 146 Å². The van der Waals surface area contributed by atoms with Crippen molar-refractivity contribution < 1.29 is 14.3 Å². The molecular weight excluding hydrogens is 323 g/mol. The first kappa shape index (κ1) is 17.4. The van der Waals surface area contributed by atoms with Gasteiger partial charge in [0, 0.05) is 31.8 Å². The molecule has 0 aliphatic carbocycles. The summed E-state index contributed by atoms with van der Waals surface area (Å²) in [5.74, 6) is -0.237. The summed E-state index contributed by atoms with van der Waals surface area (Å²) in [6.45, 7) is 5.01. The van der Waals surface area contributed by atoms with Crippen molar-refractivity contribution in [1.29, 1.82) is 0 Å². The van der Waals surface area contributed by atoms with Gasteiger partial charge in [-0.3, -0.25) is 0 Å². The molecule has 6 nitrogen and oxygen atoms in total. The molecule has 1 aliphatic heterocycles. The summed E-state index contributed by atoms with van der Waals surface area (Å²) in [6, 6.07) is 4.38. The number of likely N-dealkylation sites (tertiary alicyclic amines) is 1. The summed E-state index contributed by atoms with van der Waals surface area (Å²) < 4.78 is 15.9. The number of aliphatic hydroxyl groups excluding tert-OH is 1. The van der Waals surface area contributed by atoms with Gasteiger partial charge in [-0.05, 0) is 43.5 Å². The van der Waals surface area contributed by atoms with Crippen LogP contribution in [0.25, 0.3) is 5.69 Å². The van der Waals surface area contributed by atoms with Gasteiger partial charge in [-0.15, -0.1) is 0 Å². The van der Waals surface area contributed by atoms with E-state index >= 15 is 0 Å². The van der Waals surface area contributed by atoms with Crippen molar-refractivity contribution >= 4 is 6.03 Å². The lowest BCUT2D eigenvalue weighted by Crippen LogP contribution is -2.39. The molecule has 1 aromatic carbocycles. The third-order valence-corrected chi connectivity index (χ3v) is 4.60. The van der Waals surface area contributed by atoms with Gasteiger partial charge >= 0.3 is 6.03 Å². The van der Waals surface area contributed by atoms with Crippen LogP contribution in [0.4, 0.5) is 9.18 Å². The Morgan fingerprint density at radius 3 is 2.92 bits per heavy atom. The van der Waals surface area contributed by atoms with Gasteiger partial charge in [-0.1, -0.05) is 6.07 Å². The number of rotatable bonds is 4. The fourth-order valence-electron chi connectivity index (χ4n) is 3.05. The minimum Gasteiger partial charge on any atom is -0.396 e. The lowest BCUT2D eigenvalue weighted by atomic mass is 10.1. The Kier molecular flexibility index (Phi) is 5.03. The number of aliphatic hydroxyl groups is 1. The average Bonchev–Trinajstić information content (AvgIpc) is 3.23. The molecule has 0 bridgehead atoms. The lowest BCUT2D eigenvalue weighted by Gasteiger charge is -2.21. The first-order valence-corrected chi connectivity index (χ1v) is 8.45. The fraction of sp³-hybridized carbons (Fsp3) is 0.444. The van der Waals surface area contributed by atoms with Crippen molar-refractivity contribution in [2.75, 3.05) is 19.7 Å². The zero-order valence-corrected chi connectivity index (χ0v) is 14.4. The maximum absolute atomic E-state index is 14.4. The van der Waals surface area contributed by atoms with E-state index in [1.165, 1.54) is 10.7 Å². The second-order valence-electron chi connectivity index (χ2n) is 6.63. The predicted octanol–water partition coefficient (Wildman–Crippen LogP) is 2.40. The second-order valence-corrected chi connectivity index (χ2v) is 6.63. The molecule has 7 heteroatoms. The summed E-state index contributed by atoms with van der Waals surface area (Å²) in [6.07, 6.45) is 4.24. The number of hydrogen-bond acceptors (Lipinski definition) is 3. The van der Waals surface area contributed by atoms with Crippen molar-refractivity contribution in [1.82, 2.24) is 20.0 Å². The highest BCUT2D eigenvalue weighted by Gasteiger charge is 2.26. The van der Waals surface area contributed by atoms with Crippen LogP contribution in [0.15, 0.2) is 30.6 Å². The van der Waals surface area contributed by atoms with Crippen LogP contribution in [-0.4, -0.2) is 45.5 Å². The molecule has 1 aliphatic rings. The molecule has 0 saturated carbocycles. The number of carbonyl (C=O) groups excluding carboxylic acids is 1. The summed E-state index contributed by atoms with van der Waals surface area (Å²) in [5, 5.41) is 16.2. The highest BCUT2D eigenvalue weighted by atomic mass is 19.1. The first-order valence-electron chi connectivity index (χ1n) is 8.45. The molecule has 2 N–H and O–H groups in total. The first-order chi connectivity index (χ1) is 12.0. The molecule has 0 spiro atoms. The van der Waals surface area contributed by atoms with Crippen LogP contribution in [0.5, 0.6) is 0 Å². The largest absolute Gasteiger partial charge is 0.396 e. The van der Waals surface area contributed by atoms with Crippen molar-refractivity contribution in [3.05, 3.63) is 47.5 Å². The van der Waals surface area contributed by atoms with Gasteiger partial charge in [0.25, 0.3) is 0 Å². The van der Waals surface area contributed by atoms with Crippen LogP contribution < -0.4 is 5.32 Å². The van der Waals surface area contributed by atoms with Gasteiger partial charge < -0.3 is 15.3 Å². The van der Waals surface area contributed by atoms with Gasteiger partial charge in [0.15, 0.2) is 0 Å². The molecule has 0 radical (unpaired) electrons. The predicted molar refractivity (Wildman–Crippen MR) is 92.0 cm³/mol. The minimum atomic E-state index is -0.386. The zero-order chi connectivity index (χ0) is 18.0. The van der Waals surface area contributed by atoms with E-state index in [0.717, 1.165) is 12.0 Å². The SMILES string of the molecule is Cc1cnn(-c2ccc(C(C)NC(=O)N3CCC(CO)C3)cc2F)c1. The van der Waals surface area contributed by atoms with E-state index < -0.39 is 0 Å². The number of aryl methyl sites for hydroxylation is 1. The van der Waals surface area contributed by atoms with E-state index in [1.807, 2.05) is 13.8 Å². The van der Waals surface area contributed by atoms with Gasteiger partial charge in [0.05, 0.1) is 12.2 Å². The van der Waals surface area contributed by atoms with Crippen LogP contribution in [-0.2, 0) is 0 Å². The fourth-order valence-corrected chi connectivity index (χ4v) is 3.05. The van der Waals surface area contributed by atoms with E-state index in [-0.39, 0.29) is 30.4 Å². The van der Waals surface area contributed by atoms with Gasteiger partial charge in [-0.2, -0.15) is 5.10 Å². The van der Waals surface area contributed by atoms with Crippen LogP contribution in [0.2, 0.25) is 0 Å². The Hall–Kier alpha value is -2.41. The molecule has 3 rings (SSSR count). The third kappa shape index (κ3) is 3.82. The van der Waals surface area contributed by atoms with Crippen LogP contribution in [0.1, 0.15) is 30.5 Å². The molecule has 2 amide bonds. The highest BCUT2D eigenvalue weighted by Crippen LogP contribution is 2.21. The minimum absolute atomic E-state index is 0.0961. The van der Waals surface area contributed by atoms with E-state index in [9.17, 15) is 14.3 Å². The molecule has 1 saturated heterocycles. The van der Waals surface area contributed by atoms with E-state index in [4.69, 9.17) is 0 Å². The monoisotopic (exact) mass is 346 g/mol. The molecule has 1 fully saturated rings. The summed E-state index contributed by atoms with van der Waals surface area (Å²) in [5.41, 5.74) is 2.02. The molecule has 25 heavy (non-hydrogen) atoms. The quantitative estimate of drug-likeness (QED) is 0.893. The normalized spacial score (nSPS) is 18.4. The molecule has 2 atom stereocenters. The molecular formula is C18H23FN4O2. The van der Waals surface area contributed by atoms with Crippen molar-refractivity contribution in [3.8, 4) is 5.69 Å². The summed E-state index contributed by atoms with van der Waals surface area (Å²) >= 11 is 0. The Bertz CT molecular complexity index is 761. The number of carbonyl (C=O) groups is 1. The van der Waals surface area contributed by atoms with Crippen LogP contribution in [0.3, 0.4) is 0 Å². The maximum Gasteiger partial charge on any atom is 0.317 e. The molecule has 2 unspecified atom stereocenters. The lowest BCUT2D eigenvalue weighted by molar-refractivity contribution is 0.195. The zero-order valence-electron chi connectivity index (χ0n) is 14.4. The number of urea groups is 1. The number of nitrogens with zero attached hydrogens (tertiary/aromatic N) is 3. The van der Waals surface area contributed by atoms with Gasteiger partial charge in [0.1, 0.15) is 11.5 Å².